The molecular weight excluding hydrogens is 475 g/mol. The van der Waals surface area contributed by atoms with Crippen LogP contribution in [0.3, 0.4) is 0 Å². The molecule has 2 N–H and O–H groups in total. The summed E-state index contributed by atoms with van der Waals surface area (Å²) in [5.74, 6) is 1.45. The van der Waals surface area contributed by atoms with E-state index in [1.54, 1.807) is 13.1 Å². The standard InChI is InChI=1S/C15H24N4O3S2.HI/c1-11-9-13(11)18-15(16-2)17-10-12-3-4-14(23-12)24(20,21)19-5-7-22-8-6-19;/h3-4,11,13H,5-10H2,1-2H3,(H2,16,17,18);1H. The molecule has 1 aromatic rings. The molecule has 1 aromatic heterocycles. The zero-order valence-electron chi connectivity index (χ0n) is 14.4. The van der Waals surface area contributed by atoms with Crippen molar-refractivity contribution in [1.29, 1.82) is 0 Å². The van der Waals surface area contributed by atoms with Crippen molar-refractivity contribution in [3.05, 3.63) is 17.0 Å². The highest BCUT2D eigenvalue weighted by Crippen LogP contribution is 2.29. The number of nitrogens with one attached hydrogen (secondary N) is 2. The molecule has 0 amide bonds. The molecule has 2 heterocycles. The minimum atomic E-state index is -3.40. The first kappa shape index (κ1) is 20.9. The molecule has 1 saturated heterocycles. The van der Waals surface area contributed by atoms with Gasteiger partial charge < -0.3 is 15.4 Å². The van der Waals surface area contributed by atoms with Crippen LogP contribution in [0.2, 0.25) is 0 Å². The summed E-state index contributed by atoms with van der Waals surface area (Å²) >= 11 is 1.31. The molecule has 0 aromatic carbocycles. The molecule has 1 aliphatic carbocycles. The molecule has 0 spiro atoms. The Balaban J connectivity index is 0.00000225. The monoisotopic (exact) mass is 500 g/mol. The highest BCUT2D eigenvalue weighted by Gasteiger charge is 2.33. The largest absolute Gasteiger partial charge is 0.379 e. The number of rotatable bonds is 5. The van der Waals surface area contributed by atoms with Crippen LogP contribution >= 0.6 is 35.3 Å². The molecule has 25 heavy (non-hydrogen) atoms. The van der Waals surface area contributed by atoms with E-state index in [1.807, 2.05) is 6.07 Å². The van der Waals surface area contributed by atoms with Crippen LogP contribution < -0.4 is 10.6 Å². The predicted octanol–water partition coefficient (Wildman–Crippen LogP) is 1.46. The highest BCUT2D eigenvalue weighted by molar-refractivity contribution is 14.0. The highest BCUT2D eigenvalue weighted by atomic mass is 127. The molecule has 10 heteroatoms. The van der Waals surface area contributed by atoms with Gasteiger partial charge in [-0.15, -0.1) is 35.3 Å². The molecule has 0 radical (unpaired) electrons. The first-order valence-electron chi connectivity index (χ1n) is 8.14. The summed E-state index contributed by atoms with van der Waals surface area (Å²) in [4.78, 5) is 5.17. The number of morpholine rings is 1. The summed E-state index contributed by atoms with van der Waals surface area (Å²) in [7, 11) is -1.66. The minimum Gasteiger partial charge on any atom is -0.379 e. The Kier molecular flexibility index (Phi) is 7.50. The smallest absolute Gasteiger partial charge is 0.252 e. The summed E-state index contributed by atoms with van der Waals surface area (Å²) in [6.07, 6.45) is 1.17. The van der Waals surface area contributed by atoms with Crippen molar-refractivity contribution in [3.8, 4) is 0 Å². The van der Waals surface area contributed by atoms with Crippen LogP contribution in [0.15, 0.2) is 21.3 Å². The zero-order chi connectivity index (χ0) is 17.2. The van der Waals surface area contributed by atoms with Crippen molar-refractivity contribution in [2.45, 2.75) is 30.1 Å². The maximum absolute atomic E-state index is 12.6. The summed E-state index contributed by atoms with van der Waals surface area (Å²) in [6, 6.07) is 4.04. The van der Waals surface area contributed by atoms with Gasteiger partial charge in [0.05, 0.1) is 19.8 Å². The van der Waals surface area contributed by atoms with Crippen molar-refractivity contribution in [2.24, 2.45) is 10.9 Å². The van der Waals surface area contributed by atoms with Gasteiger partial charge in [-0.2, -0.15) is 4.31 Å². The SMILES string of the molecule is CN=C(NCc1ccc(S(=O)(=O)N2CCOCC2)s1)NC1CC1C.I. The Bertz CT molecular complexity index is 701. The molecule has 2 fully saturated rings. The van der Waals surface area contributed by atoms with Gasteiger partial charge in [-0.3, -0.25) is 4.99 Å². The van der Waals surface area contributed by atoms with Crippen LogP contribution in [0.25, 0.3) is 0 Å². The van der Waals surface area contributed by atoms with E-state index in [1.165, 1.54) is 22.1 Å². The molecule has 3 rings (SSSR count). The third kappa shape index (κ3) is 5.28. The number of nitrogens with zero attached hydrogens (tertiary/aromatic N) is 2. The number of thiophene rings is 1. The van der Waals surface area contributed by atoms with E-state index in [0.717, 1.165) is 10.8 Å². The third-order valence-electron chi connectivity index (χ3n) is 4.29. The fourth-order valence-corrected chi connectivity index (χ4v) is 5.43. The first-order valence-corrected chi connectivity index (χ1v) is 10.4. The van der Waals surface area contributed by atoms with Crippen LogP contribution in [0, 0.1) is 5.92 Å². The number of hydrogen-bond acceptors (Lipinski definition) is 5. The van der Waals surface area contributed by atoms with Crippen molar-refractivity contribution in [2.75, 3.05) is 33.4 Å². The van der Waals surface area contributed by atoms with E-state index in [9.17, 15) is 8.42 Å². The lowest BCUT2D eigenvalue weighted by molar-refractivity contribution is 0.0731. The average Bonchev–Trinajstić information content (AvgIpc) is 3.08. The van der Waals surface area contributed by atoms with Gasteiger partial charge in [0.25, 0.3) is 10.0 Å². The number of hydrogen-bond donors (Lipinski definition) is 2. The van der Waals surface area contributed by atoms with E-state index in [2.05, 4.69) is 22.5 Å². The van der Waals surface area contributed by atoms with Crippen LogP contribution in [-0.4, -0.2) is 58.1 Å². The van der Waals surface area contributed by atoms with E-state index in [-0.39, 0.29) is 24.0 Å². The van der Waals surface area contributed by atoms with Gasteiger partial charge in [0.1, 0.15) is 4.21 Å². The van der Waals surface area contributed by atoms with E-state index >= 15 is 0 Å². The summed E-state index contributed by atoms with van der Waals surface area (Å²) in [5, 5.41) is 6.60. The Labute approximate surface area is 170 Å². The van der Waals surface area contributed by atoms with Crippen LogP contribution in [0.4, 0.5) is 0 Å². The molecule has 2 aliphatic rings. The molecule has 1 aliphatic heterocycles. The lowest BCUT2D eigenvalue weighted by Gasteiger charge is -2.25. The second kappa shape index (κ2) is 8.98. The maximum Gasteiger partial charge on any atom is 0.252 e. The fourth-order valence-electron chi connectivity index (χ4n) is 2.57. The Morgan fingerprint density at radius 1 is 1.40 bits per heavy atom. The predicted molar refractivity (Wildman–Crippen MR) is 110 cm³/mol. The van der Waals surface area contributed by atoms with Crippen molar-refractivity contribution in [3.63, 3.8) is 0 Å². The van der Waals surface area contributed by atoms with Crippen molar-refractivity contribution < 1.29 is 13.2 Å². The number of guanidine groups is 1. The quantitative estimate of drug-likeness (QED) is 0.364. The van der Waals surface area contributed by atoms with Crippen LogP contribution in [-0.2, 0) is 21.3 Å². The zero-order valence-corrected chi connectivity index (χ0v) is 18.4. The normalized spacial score (nSPS) is 24.5. The molecule has 0 bridgehead atoms. The lowest BCUT2D eigenvalue weighted by atomic mass is 10.4. The van der Waals surface area contributed by atoms with Gasteiger partial charge >= 0.3 is 0 Å². The van der Waals surface area contributed by atoms with E-state index in [4.69, 9.17) is 4.74 Å². The molecule has 1 saturated carbocycles. The Morgan fingerprint density at radius 2 is 2.08 bits per heavy atom. The van der Waals surface area contributed by atoms with Crippen LogP contribution in [0.1, 0.15) is 18.2 Å². The topological polar surface area (TPSA) is 83.0 Å². The maximum atomic E-state index is 12.6. The molecular formula is C15H25IN4O3S2. The molecule has 7 nitrogen and oxygen atoms in total. The average molecular weight is 500 g/mol. The molecule has 142 valence electrons. The van der Waals surface area contributed by atoms with E-state index < -0.39 is 10.0 Å². The van der Waals surface area contributed by atoms with Gasteiger partial charge in [0.15, 0.2) is 5.96 Å². The molecule has 2 unspecified atom stereocenters. The number of halogens is 1. The first-order chi connectivity index (χ1) is 11.5. The van der Waals surface area contributed by atoms with Crippen LogP contribution in [0.5, 0.6) is 0 Å². The number of aliphatic imine (C=N–C) groups is 1. The number of sulfonamides is 1. The van der Waals surface area contributed by atoms with Crippen molar-refractivity contribution in [1.82, 2.24) is 14.9 Å². The van der Waals surface area contributed by atoms with Gasteiger partial charge in [0.2, 0.25) is 0 Å². The Morgan fingerprint density at radius 3 is 2.68 bits per heavy atom. The second-order valence-corrected chi connectivity index (χ2v) is 9.46. The van der Waals surface area contributed by atoms with Gasteiger partial charge in [-0.25, -0.2) is 8.42 Å². The van der Waals surface area contributed by atoms with Gasteiger partial charge in [0, 0.05) is 31.1 Å². The third-order valence-corrected chi connectivity index (χ3v) is 7.74. The van der Waals surface area contributed by atoms with Gasteiger partial charge in [-0.05, 0) is 24.5 Å². The lowest BCUT2D eigenvalue weighted by Crippen LogP contribution is -2.40. The Hall–Kier alpha value is -0.430. The summed E-state index contributed by atoms with van der Waals surface area (Å²) in [6.45, 7) is 4.52. The fraction of sp³-hybridized carbons (Fsp3) is 0.667. The summed E-state index contributed by atoms with van der Waals surface area (Å²) < 4.78 is 32.3. The van der Waals surface area contributed by atoms with E-state index in [0.29, 0.717) is 49.0 Å². The molecule has 2 atom stereocenters. The minimum absolute atomic E-state index is 0. The summed E-state index contributed by atoms with van der Waals surface area (Å²) in [5.41, 5.74) is 0. The van der Waals surface area contributed by atoms with Crippen molar-refractivity contribution >= 4 is 51.3 Å². The second-order valence-electron chi connectivity index (χ2n) is 6.13. The number of ether oxygens (including phenoxy) is 1. The van der Waals surface area contributed by atoms with Gasteiger partial charge in [-0.1, -0.05) is 6.92 Å².